The van der Waals surface area contributed by atoms with E-state index in [0.717, 1.165) is 16.7 Å². The monoisotopic (exact) mass is 576 g/mol. The summed E-state index contributed by atoms with van der Waals surface area (Å²) in [6, 6.07) is 26.4. The van der Waals surface area contributed by atoms with Gasteiger partial charge in [-0.3, -0.25) is 9.59 Å². The van der Waals surface area contributed by atoms with Gasteiger partial charge in [0.05, 0.1) is 18.8 Å². The van der Waals surface area contributed by atoms with Crippen LogP contribution in [-0.4, -0.2) is 42.1 Å². The first-order chi connectivity index (χ1) is 20.9. The number of methoxy groups -OCH3 is 1. The third-order valence-electron chi connectivity index (χ3n) is 7.50. The van der Waals surface area contributed by atoms with Crippen LogP contribution in [0.4, 0.5) is 0 Å². The van der Waals surface area contributed by atoms with Crippen LogP contribution in [0.3, 0.4) is 0 Å². The molecule has 1 N–H and O–H groups in total. The van der Waals surface area contributed by atoms with E-state index in [1.807, 2.05) is 84.9 Å². The van der Waals surface area contributed by atoms with E-state index in [9.17, 15) is 19.5 Å². The Morgan fingerprint density at radius 2 is 1.58 bits per heavy atom. The van der Waals surface area contributed by atoms with E-state index in [2.05, 4.69) is 16.6 Å². The summed E-state index contributed by atoms with van der Waals surface area (Å²) in [6.45, 7) is 0. The highest BCUT2D eigenvalue weighted by atomic mass is 16.5. The standard InChI is InChI=1S/C37H36O6/c1-42-36(40)17-11-3-2-10-16-33-32(25-24-31(38)23-18-27-12-6-4-7-13-27)34(39)26-35(33)43-37(41)30-21-19-29(20-22-30)28-14-8-5-9-15-28/h2,4-10,12-15,19-22,24-25,32-35,39H,3,11,16-17,26H2,1H3/b10-2-,25-24+/t32-,33-,34-,35+/m1/s1. The van der Waals surface area contributed by atoms with Crippen LogP contribution >= 0.6 is 0 Å². The van der Waals surface area contributed by atoms with Crippen LogP contribution in [0.25, 0.3) is 11.1 Å². The SMILES string of the molecule is COC(=O)CCC/C=C\C[C@@H]1[C@@H](/C=C/C(=O)C#Cc2ccccc2)[C@H](O)C[C@@H]1OC(=O)c1ccc(-c2ccccc2)cc1. The van der Waals surface area contributed by atoms with Crippen molar-refractivity contribution < 1.29 is 29.0 Å². The van der Waals surface area contributed by atoms with E-state index in [0.29, 0.717) is 31.2 Å². The molecule has 4 atom stereocenters. The Morgan fingerprint density at radius 3 is 2.28 bits per heavy atom. The molecule has 0 heterocycles. The summed E-state index contributed by atoms with van der Waals surface area (Å²) >= 11 is 0. The van der Waals surface area contributed by atoms with Crippen molar-refractivity contribution in [1.29, 1.82) is 0 Å². The average molecular weight is 577 g/mol. The molecule has 6 heteroatoms. The highest BCUT2D eigenvalue weighted by molar-refractivity contribution is 6.04. The summed E-state index contributed by atoms with van der Waals surface area (Å²) in [5.41, 5.74) is 3.21. The Labute approximate surface area is 253 Å². The number of rotatable bonds is 11. The van der Waals surface area contributed by atoms with Gasteiger partial charge in [0.15, 0.2) is 0 Å². The molecule has 0 unspecified atom stereocenters. The van der Waals surface area contributed by atoms with Crippen LogP contribution in [-0.2, 0) is 19.1 Å². The Morgan fingerprint density at radius 1 is 0.907 bits per heavy atom. The summed E-state index contributed by atoms with van der Waals surface area (Å²) < 4.78 is 10.6. The van der Waals surface area contributed by atoms with Crippen molar-refractivity contribution in [3.63, 3.8) is 0 Å². The molecule has 1 aliphatic carbocycles. The first kappa shape index (κ1) is 31.2. The molecule has 0 aromatic heterocycles. The zero-order valence-electron chi connectivity index (χ0n) is 24.2. The Balaban J connectivity index is 1.44. The molecule has 6 nitrogen and oxygen atoms in total. The van der Waals surface area contributed by atoms with Crippen LogP contribution < -0.4 is 0 Å². The van der Waals surface area contributed by atoms with Gasteiger partial charge in [-0.05, 0) is 66.7 Å². The van der Waals surface area contributed by atoms with Gasteiger partial charge in [-0.15, -0.1) is 0 Å². The molecule has 1 saturated carbocycles. The van der Waals surface area contributed by atoms with Gasteiger partial charge in [-0.25, -0.2) is 4.79 Å². The van der Waals surface area contributed by atoms with E-state index < -0.39 is 24.1 Å². The number of benzene rings is 3. The van der Waals surface area contributed by atoms with E-state index >= 15 is 0 Å². The van der Waals surface area contributed by atoms with Gasteiger partial charge in [0, 0.05) is 30.2 Å². The number of aliphatic hydroxyl groups excluding tert-OH is 1. The Kier molecular flexibility index (Phi) is 11.6. The van der Waals surface area contributed by atoms with Gasteiger partial charge in [-0.2, -0.15) is 0 Å². The van der Waals surface area contributed by atoms with Crippen LogP contribution in [0.1, 0.15) is 48.0 Å². The lowest BCUT2D eigenvalue weighted by Gasteiger charge is -2.22. The largest absolute Gasteiger partial charge is 0.469 e. The molecule has 0 saturated heterocycles. The van der Waals surface area contributed by atoms with Gasteiger partial charge in [-0.1, -0.05) is 84.8 Å². The second-order valence-electron chi connectivity index (χ2n) is 10.4. The third-order valence-corrected chi connectivity index (χ3v) is 7.50. The van der Waals surface area contributed by atoms with Crippen molar-refractivity contribution in [2.45, 2.75) is 44.3 Å². The number of carbonyl (C=O) groups excluding carboxylic acids is 3. The van der Waals surface area contributed by atoms with Gasteiger partial charge in [0.25, 0.3) is 0 Å². The maximum Gasteiger partial charge on any atom is 0.338 e. The minimum atomic E-state index is -0.790. The molecule has 0 bridgehead atoms. The molecular weight excluding hydrogens is 540 g/mol. The number of allylic oxidation sites excluding steroid dienone is 3. The zero-order chi connectivity index (χ0) is 30.4. The van der Waals surface area contributed by atoms with E-state index in [1.54, 1.807) is 18.2 Å². The normalized spacial score (nSPS) is 19.6. The molecule has 1 aliphatic rings. The molecule has 43 heavy (non-hydrogen) atoms. The van der Waals surface area contributed by atoms with Crippen molar-refractivity contribution in [3.05, 3.63) is 120 Å². The van der Waals surface area contributed by atoms with Gasteiger partial charge < -0.3 is 14.6 Å². The summed E-state index contributed by atoms with van der Waals surface area (Å²) in [5.74, 6) is 3.74. The molecule has 3 aromatic rings. The zero-order valence-corrected chi connectivity index (χ0v) is 24.2. The van der Waals surface area contributed by atoms with Crippen molar-refractivity contribution in [3.8, 4) is 23.0 Å². The lowest BCUT2D eigenvalue weighted by atomic mass is 9.89. The van der Waals surface area contributed by atoms with Crippen LogP contribution in [0, 0.1) is 23.7 Å². The predicted octanol–water partition coefficient (Wildman–Crippen LogP) is 6.34. The number of carbonyl (C=O) groups is 3. The number of hydrogen-bond donors (Lipinski definition) is 1. The highest BCUT2D eigenvalue weighted by Gasteiger charge is 2.42. The second kappa shape index (κ2) is 16.1. The summed E-state index contributed by atoms with van der Waals surface area (Å²) in [4.78, 5) is 37.0. The predicted molar refractivity (Wildman–Crippen MR) is 166 cm³/mol. The minimum absolute atomic E-state index is 0.245. The highest BCUT2D eigenvalue weighted by Crippen LogP contribution is 2.38. The topological polar surface area (TPSA) is 89.9 Å². The Bertz CT molecular complexity index is 1480. The fourth-order valence-electron chi connectivity index (χ4n) is 5.19. The van der Waals surface area contributed by atoms with Crippen molar-refractivity contribution in [1.82, 2.24) is 0 Å². The maximum atomic E-state index is 13.1. The fourth-order valence-corrected chi connectivity index (χ4v) is 5.19. The molecule has 4 rings (SSSR count). The maximum absolute atomic E-state index is 13.1. The number of unbranched alkanes of at least 4 members (excludes halogenated alkanes) is 1. The van der Waals surface area contributed by atoms with Gasteiger partial charge in [0.2, 0.25) is 5.78 Å². The van der Waals surface area contributed by atoms with E-state index in [4.69, 9.17) is 4.74 Å². The van der Waals surface area contributed by atoms with Crippen molar-refractivity contribution in [2.24, 2.45) is 11.8 Å². The van der Waals surface area contributed by atoms with E-state index in [-0.39, 0.29) is 24.1 Å². The van der Waals surface area contributed by atoms with Gasteiger partial charge in [0.1, 0.15) is 6.10 Å². The third kappa shape index (κ3) is 9.39. The van der Waals surface area contributed by atoms with Crippen LogP contribution in [0.2, 0.25) is 0 Å². The first-order valence-corrected chi connectivity index (χ1v) is 14.5. The molecular formula is C37H36O6. The molecule has 0 radical (unpaired) electrons. The van der Waals surface area contributed by atoms with Crippen molar-refractivity contribution >= 4 is 17.7 Å². The van der Waals surface area contributed by atoms with Crippen LogP contribution in [0.5, 0.6) is 0 Å². The summed E-state index contributed by atoms with van der Waals surface area (Å²) in [5, 5.41) is 11.0. The average Bonchev–Trinajstić information content (AvgIpc) is 3.34. The molecule has 220 valence electrons. The van der Waals surface area contributed by atoms with Gasteiger partial charge >= 0.3 is 11.9 Å². The lowest BCUT2D eigenvalue weighted by Crippen LogP contribution is -2.25. The molecule has 3 aromatic carbocycles. The summed E-state index contributed by atoms with van der Waals surface area (Å²) in [6.07, 6.45) is 8.17. The number of ketones is 1. The second-order valence-corrected chi connectivity index (χ2v) is 10.4. The number of ether oxygens (including phenoxy) is 2. The first-order valence-electron chi connectivity index (χ1n) is 14.5. The molecule has 1 fully saturated rings. The number of esters is 2. The van der Waals surface area contributed by atoms with Crippen LogP contribution in [0.15, 0.2) is 109 Å². The fraction of sp³-hybridized carbons (Fsp3) is 0.270. The van der Waals surface area contributed by atoms with Crippen molar-refractivity contribution in [2.75, 3.05) is 7.11 Å². The van der Waals surface area contributed by atoms with E-state index in [1.165, 1.54) is 13.2 Å². The summed E-state index contributed by atoms with van der Waals surface area (Å²) in [7, 11) is 1.37. The quantitative estimate of drug-likeness (QED) is 0.0942. The lowest BCUT2D eigenvalue weighted by molar-refractivity contribution is -0.140. The number of aliphatic hydroxyl groups is 1. The molecule has 0 amide bonds. The minimum Gasteiger partial charge on any atom is -0.469 e. The number of hydrogen-bond acceptors (Lipinski definition) is 6. The molecule has 0 spiro atoms. The smallest absolute Gasteiger partial charge is 0.338 e. The molecule has 0 aliphatic heterocycles. The Hall–Kier alpha value is -4.73.